The van der Waals surface area contributed by atoms with E-state index in [-0.39, 0.29) is 17.2 Å². The van der Waals surface area contributed by atoms with Crippen LogP contribution in [0.4, 0.5) is 0 Å². The molecular formula is C26H25NO5S. The average molecular weight is 464 g/mol. The summed E-state index contributed by atoms with van der Waals surface area (Å²) < 4.78 is 33.7. The van der Waals surface area contributed by atoms with Crippen LogP contribution in [0.1, 0.15) is 27.4 Å². The summed E-state index contributed by atoms with van der Waals surface area (Å²) in [7, 11) is -2.80. The molecular weight excluding hydrogens is 438 g/mol. The quantitative estimate of drug-likeness (QED) is 0.410. The van der Waals surface area contributed by atoms with E-state index in [2.05, 4.69) is 0 Å². The Bertz CT molecular complexity index is 1240. The topological polar surface area (TPSA) is 80.8 Å². The normalized spacial score (nSPS) is 21.0. The minimum absolute atomic E-state index is 0.0799. The fourth-order valence-corrected chi connectivity index (χ4v) is 6.08. The van der Waals surface area contributed by atoms with Gasteiger partial charge in [-0.05, 0) is 24.6 Å². The predicted molar refractivity (Wildman–Crippen MR) is 124 cm³/mol. The van der Waals surface area contributed by atoms with Crippen LogP contribution in [-0.4, -0.2) is 44.2 Å². The van der Waals surface area contributed by atoms with Crippen molar-refractivity contribution in [2.75, 3.05) is 13.7 Å². The first-order valence-corrected chi connectivity index (χ1v) is 12.1. The number of hydrogen-bond donors (Lipinski definition) is 0. The van der Waals surface area contributed by atoms with Crippen LogP contribution >= 0.6 is 0 Å². The van der Waals surface area contributed by atoms with Crippen LogP contribution in [0.2, 0.25) is 0 Å². The lowest BCUT2D eigenvalue weighted by Crippen LogP contribution is -2.42. The molecule has 170 valence electrons. The van der Waals surface area contributed by atoms with E-state index < -0.39 is 33.9 Å². The summed E-state index contributed by atoms with van der Waals surface area (Å²) in [5.74, 6) is -2.41. The van der Waals surface area contributed by atoms with Gasteiger partial charge in [-0.25, -0.2) is 8.42 Å². The van der Waals surface area contributed by atoms with E-state index in [4.69, 9.17) is 4.74 Å². The third kappa shape index (κ3) is 4.34. The second-order valence-electron chi connectivity index (χ2n) is 8.13. The van der Waals surface area contributed by atoms with Crippen molar-refractivity contribution in [3.63, 3.8) is 0 Å². The van der Waals surface area contributed by atoms with E-state index in [9.17, 15) is 18.0 Å². The molecule has 1 heterocycles. The van der Waals surface area contributed by atoms with Crippen molar-refractivity contribution >= 4 is 21.8 Å². The van der Waals surface area contributed by atoms with Gasteiger partial charge in [0, 0.05) is 18.0 Å². The number of sulfonamides is 1. The number of carbonyl (C=O) groups is 2. The minimum atomic E-state index is -4.07. The van der Waals surface area contributed by atoms with Crippen molar-refractivity contribution in [2.24, 2.45) is 5.92 Å². The third-order valence-corrected chi connectivity index (χ3v) is 7.97. The number of rotatable bonds is 6. The Labute approximate surface area is 193 Å². The lowest BCUT2D eigenvalue weighted by Gasteiger charge is -2.27. The number of esters is 1. The van der Waals surface area contributed by atoms with Crippen LogP contribution < -0.4 is 0 Å². The van der Waals surface area contributed by atoms with Crippen molar-refractivity contribution in [3.05, 3.63) is 102 Å². The maximum absolute atomic E-state index is 13.8. The van der Waals surface area contributed by atoms with Gasteiger partial charge in [0.2, 0.25) is 10.0 Å². The molecule has 3 unspecified atom stereocenters. The zero-order valence-electron chi connectivity index (χ0n) is 18.4. The number of benzene rings is 3. The maximum atomic E-state index is 13.8. The standard InChI is InChI=1S/C26H25NO5S/c1-18-13-15-21(16-14-18)33(30,31)27-17-22(26(29)32-2)23(19-9-5-3-6-10-19)24(27)25(28)20-11-7-4-8-12-20/h3-16,22-24H,17H2,1-2H3. The van der Waals surface area contributed by atoms with Gasteiger partial charge in [0.05, 0.1) is 24.0 Å². The lowest BCUT2D eigenvalue weighted by atomic mass is 9.81. The molecule has 1 fully saturated rings. The van der Waals surface area contributed by atoms with Gasteiger partial charge in [-0.3, -0.25) is 9.59 Å². The molecule has 3 aromatic carbocycles. The molecule has 1 aliphatic rings. The molecule has 4 rings (SSSR count). The average Bonchev–Trinajstić information content (AvgIpc) is 3.26. The summed E-state index contributed by atoms with van der Waals surface area (Å²) in [6.45, 7) is 1.72. The Morgan fingerprint density at radius 3 is 2.03 bits per heavy atom. The summed E-state index contributed by atoms with van der Waals surface area (Å²) in [4.78, 5) is 26.7. The SMILES string of the molecule is COC(=O)C1CN(S(=O)(=O)c2ccc(C)cc2)C(C(=O)c2ccccc2)C1c1ccccc1. The minimum Gasteiger partial charge on any atom is -0.469 e. The first kappa shape index (κ1) is 22.9. The van der Waals surface area contributed by atoms with Crippen LogP contribution in [0.3, 0.4) is 0 Å². The van der Waals surface area contributed by atoms with E-state index in [0.29, 0.717) is 11.1 Å². The van der Waals surface area contributed by atoms with Gasteiger partial charge in [-0.15, -0.1) is 0 Å². The molecule has 0 N–H and O–H groups in total. The molecule has 7 heteroatoms. The molecule has 0 spiro atoms. The van der Waals surface area contributed by atoms with Crippen molar-refractivity contribution in [1.82, 2.24) is 4.31 Å². The number of ketones is 1. The number of nitrogens with zero attached hydrogens (tertiary/aromatic N) is 1. The molecule has 1 aliphatic heterocycles. The highest BCUT2D eigenvalue weighted by molar-refractivity contribution is 7.89. The van der Waals surface area contributed by atoms with Gasteiger partial charge in [0.15, 0.2) is 5.78 Å². The highest BCUT2D eigenvalue weighted by Gasteiger charge is 2.54. The summed E-state index contributed by atoms with van der Waals surface area (Å²) in [5, 5.41) is 0. The van der Waals surface area contributed by atoms with E-state index >= 15 is 0 Å². The zero-order chi connectivity index (χ0) is 23.6. The first-order valence-electron chi connectivity index (χ1n) is 10.6. The molecule has 0 amide bonds. The largest absolute Gasteiger partial charge is 0.469 e. The second kappa shape index (κ2) is 9.29. The Morgan fingerprint density at radius 2 is 1.45 bits per heavy atom. The van der Waals surface area contributed by atoms with Crippen molar-refractivity contribution < 1.29 is 22.7 Å². The van der Waals surface area contributed by atoms with Gasteiger partial charge in [0.1, 0.15) is 0 Å². The summed E-state index contributed by atoms with van der Waals surface area (Å²) in [5.41, 5.74) is 2.02. The smallest absolute Gasteiger partial charge is 0.310 e. The number of aryl methyl sites for hydroxylation is 1. The van der Waals surface area contributed by atoms with Crippen LogP contribution in [0.5, 0.6) is 0 Å². The van der Waals surface area contributed by atoms with E-state index in [1.54, 1.807) is 42.5 Å². The molecule has 0 bridgehead atoms. The second-order valence-corrected chi connectivity index (χ2v) is 10.0. The van der Waals surface area contributed by atoms with E-state index in [1.807, 2.05) is 37.3 Å². The van der Waals surface area contributed by atoms with Gasteiger partial charge >= 0.3 is 5.97 Å². The van der Waals surface area contributed by atoms with Crippen molar-refractivity contribution in [2.45, 2.75) is 23.8 Å². The fraction of sp³-hybridized carbons (Fsp3) is 0.231. The molecule has 1 saturated heterocycles. The number of hydrogen-bond acceptors (Lipinski definition) is 5. The lowest BCUT2D eigenvalue weighted by molar-refractivity contribution is -0.145. The molecule has 0 saturated carbocycles. The Hall–Kier alpha value is -3.29. The highest BCUT2D eigenvalue weighted by Crippen LogP contribution is 2.43. The van der Waals surface area contributed by atoms with E-state index in [0.717, 1.165) is 5.56 Å². The summed E-state index contributed by atoms with van der Waals surface area (Å²) >= 11 is 0. The number of ether oxygens (including phenoxy) is 1. The third-order valence-electron chi connectivity index (χ3n) is 6.10. The summed E-state index contributed by atoms with van der Waals surface area (Å²) in [6, 6.07) is 23.0. The maximum Gasteiger partial charge on any atom is 0.310 e. The van der Waals surface area contributed by atoms with Crippen LogP contribution in [0.25, 0.3) is 0 Å². The molecule has 3 aromatic rings. The molecule has 3 atom stereocenters. The Kier molecular flexibility index (Phi) is 6.44. The van der Waals surface area contributed by atoms with Gasteiger partial charge in [0.25, 0.3) is 0 Å². The Morgan fingerprint density at radius 1 is 0.879 bits per heavy atom. The highest BCUT2D eigenvalue weighted by atomic mass is 32.2. The number of carbonyl (C=O) groups excluding carboxylic acids is 2. The van der Waals surface area contributed by atoms with Gasteiger partial charge in [-0.2, -0.15) is 4.31 Å². The van der Waals surface area contributed by atoms with Gasteiger partial charge < -0.3 is 4.74 Å². The van der Waals surface area contributed by atoms with Crippen LogP contribution in [0, 0.1) is 12.8 Å². The van der Waals surface area contributed by atoms with Crippen molar-refractivity contribution in [1.29, 1.82) is 0 Å². The number of methoxy groups -OCH3 is 1. The molecule has 6 nitrogen and oxygen atoms in total. The predicted octanol–water partition coefficient (Wildman–Crippen LogP) is 3.82. The molecule has 0 radical (unpaired) electrons. The zero-order valence-corrected chi connectivity index (χ0v) is 19.2. The fourth-order valence-electron chi connectivity index (χ4n) is 4.44. The monoisotopic (exact) mass is 463 g/mol. The van der Waals surface area contributed by atoms with Crippen LogP contribution in [-0.2, 0) is 19.6 Å². The molecule has 0 aromatic heterocycles. The van der Waals surface area contributed by atoms with Crippen molar-refractivity contribution in [3.8, 4) is 0 Å². The summed E-state index contributed by atoms with van der Waals surface area (Å²) in [6.07, 6.45) is 0. The van der Waals surface area contributed by atoms with Crippen LogP contribution in [0.15, 0.2) is 89.8 Å². The Balaban J connectivity index is 1.89. The molecule has 33 heavy (non-hydrogen) atoms. The molecule has 0 aliphatic carbocycles. The van der Waals surface area contributed by atoms with Gasteiger partial charge in [-0.1, -0.05) is 78.4 Å². The first-order chi connectivity index (χ1) is 15.8. The van der Waals surface area contributed by atoms with E-state index in [1.165, 1.54) is 23.5 Å². The number of Topliss-reactive ketones (excluding diaryl/α,β-unsaturated/α-hetero) is 1.